The second kappa shape index (κ2) is 8.57. The van der Waals surface area contributed by atoms with E-state index in [0.717, 1.165) is 5.56 Å². The third-order valence-electron chi connectivity index (χ3n) is 4.66. The van der Waals surface area contributed by atoms with Crippen LogP contribution in [-0.4, -0.2) is 18.5 Å². The van der Waals surface area contributed by atoms with Crippen molar-refractivity contribution < 1.29 is 14.3 Å². The number of allylic oxidation sites excluding steroid dienone is 2. The minimum Gasteiger partial charge on any atom is -0.463 e. The van der Waals surface area contributed by atoms with E-state index in [2.05, 4.69) is 10.6 Å². The Hall–Kier alpha value is -3.34. The molecule has 2 aromatic rings. The van der Waals surface area contributed by atoms with Crippen LogP contribution in [0.3, 0.4) is 0 Å². The van der Waals surface area contributed by atoms with Crippen LogP contribution in [0.25, 0.3) is 0 Å². The molecule has 0 bridgehead atoms. The molecule has 0 saturated heterocycles. The smallest absolute Gasteiger partial charge is 0.336 e. The third kappa shape index (κ3) is 3.98. The van der Waals surface area contributed by atoms with Crippen LogP contribution in [0.4, 0.5) is 5.69 Å². The Morgan fingerprint density at radius 3 is 2.11 bits per heavy atom. The number of para-hydroxylation sites is 1. The van der Waals surface area contributed by atoms with Crippen LogP contribution in [0.1, 0.15) is 32.3 Å². The Morgan fingerprint density at radius 2 is 1.50 bits per heavy atom. The minimum atomic E-state index is -0.509. The van der Waals surface area contributed by atoms with Crippen molar-refractivity contribution in [1.82, 2.24) is 5.32 Å². The summed E-state index contributed by atoms with van der Waals surface area (Å²) in [5.41, 5.74) is 3.93. The molecule has 5 nitrogen and oxygen atoms in total. The number of benzene rings is 2. The molecular weight excluding hydrogens is 352 g/mol. The molecule has 0 saturated carbocycles. The van der Waals surface area contributed by atoms with Crippen molar-refractivity contribution in [3.8, 4) is 0 Å². The van der Waals surface area contributed by atoms with Crippen LogP contribution >= 0.6 is 0 Å². The first-order chi connectivity index (χ1) is 13.5. The molecule has 0 fully saturated rings. The molecule has 3 rings (SSSR count). The number of ether oxygens (including phenoxy) is 1. The molecule has 1 aliphatic rings. The monoisotopic (exact) mass is 376 g/mol. The van der Waals surface area contributed by atoms with E-state index >= 15 is 0 Å². The summed E-state index contributed by atoms with van der Waals surface area (Å²) in [7, 11) is 0. The van der Waals surface area contributed by atoms with E-state index < -0.39 is 11.9 Å². The second-order valence-electron chi connectivity index (χ2n) is 6.59. The molecule has 1 unspecified atom stereocenters. The molecule has 1 atom stereocenters. The lowest BCUT2D eigenvalue weighted by Gasteiger charge is -2.31. The summed E-state index contributed by atoms with van der Waals surface area (Å²) < 4.78 is 5.29. The van der Waals surface area contributed by atoms with Crippen molar-refractivity contribution in [3.63, 3.8) is 0 Å². The van der Waals surface area contributed by atoms with E-state index in [1.165, 1.54) is 0 Å². The second-order valence-corrected chi connectivity index (χ2v) is 6.59. The number of amides is 1. The SMILES string of the molecule is CCOC(=O)C1=C(C)NC(C)=C(C(=O)Nc2ccccc2)C1c1ccccc1. The Bertz CT molecular complexity index is 931. The van der Waals surface area contributed by atoms with Gasteiger partial charge in [0.1, 0.15) is 0 Å². The van der Waals surface area contributed by atoms with E-state index in [9.17, 15) is 9.59 Å². The van der Waals surface area contributed by atoms with Crippen molar-refractivity contribution in [3.05, 3.63) is 88.8 Å². The number of hydrogen-bond acceptors (Lipinski definition) is 4. The van der Waals surface area contributed by atoms with Crippen LogP contribution in [0.2, 0.25) is 0 Å². The quantitative estimate of drug-likeness (QED) is 0.770. The molecule has 5 heteroatoms. The number of carbonyl (C=O) groups excluding carboxylic acids is 2. The maximum absolute atomic E-state index is 13.2. The molecule has 2 aromatic carbocycles. The average Bonchev–Trinajstić information content (AvgIpc) is 2.68. The van der Waals surface area contributed by atoms with E-state index in [0.29, 0.717) is 28.2 Å². The standard InChI is InChI=1S/C23H24N2O3/c1-4-28-23(27)20-16(3)24-15(2)19(21(20)17-11-7-5-8-12-17)22(26)25-18-13-9-6-10-14-18/h5-14,21,24H,4H2,1-3H3,(H,25,26). The lowest BCUT2D eigenvalue weighted by atomic mass is 9.80. The van der Waals surface area contributed by atoms with Gasteiger partial charge in [-0.05, 0) is 38.5 Å². The van der Waals surface area contributed by atoms with Gasteiger partial charge in [-0.2, -0.15) is 0 Å². The molecule has 0 aromatic heterocycles. The highest BCUT2D eigenvalue weighted by Gasteiger charge is 2.37. The number of carbonyl (C=O) groups is 2. The van der Waals surface area contributed by atoms with Gasteiger partial charge in [0.25, 0.3) is 5.91 Å². The zero-order valence-electron chi connectivity index (χ0n) is 16.3. The minimum absolute atomic E-state index is 0.251. The van der Waals surface area contributed by atoms with Gasteiger partial charge in [-0.15, -0.1) is 0 Å². The first-order valence-electron chi connectivity index (χ1n) is 9.30. The van der Waals surface area contributed by atoms with Gasteiger partial charge in [-0.1, -0.05) is 48.5 Å². The highest BCUT2D eigenvalue weighted by Crippen LogP contribution is 2.39. The van der Waals surface area contributed by atoms with E-state index in [4.69, 9.17) is 4.74 Å². The maximum atomic E-state index is 13.2. The third-order valence-corrected chi connectivity index (χ3v) is 4.66. The van der Waals surface area contributed by atoms with Gasteiger partial charge < -0.3 is 15.4 Å². The van der Waals surface area contributed by atoms with Crippen LogP contribution in [0.5, 0.6) is 0 Å². The van der Waals surface area contributed by atoms with Gasteiger partial charge in [-0.25, -0.2) is 4.79 Å². The number of anilines is 1. The van der Waals surface area contributed by atoms with Crippen molar-refractivity contribution in [2.24, 2.45) is 0 Å². The highest BCUT2D eigenvalue weighted by molar-refractivity contribution is 6.08. The molecular formula is C23H24N2O3. The predicted molar refractivity (Wildman–Crippen MR) is 109 cm³/mol. The molecule has 144 valence electrons. The molecule has 1 amide bonds. The summed E-state index contributed by atoms with van der Waals surface area (Å²) in [4.78, 5) is 26.0. The number of hydrogen-bond donors (Lipinski definition) is 2. The summed E-state index contributed by atoms with van der Waals surface area (Å²) in [6.07, 6.45) is 0. The topological polar surface area (TPSA) is 67.4 Å². The zero-order chi connectivity index (χ0) is 20.1. The Balaban J connectivity index is 2.06. The normalized spacial score (nSPS) is 16.5. The Morgan fingerprint density at radius 1 is 0.929 bits per heavy atom. The predicted octanol–water partition coefficient (Wildman–Crippen LogP) is 4.12. The van der Waals surface area contributed by atoms with Gasteiger partial charge in [0.15, 0.2) is 0 Å². The van der Waals surface area contributed by atoms with Crippen molar-refractivity contribution >= 4 is 17.6 Å². The summed E-state index contributed by atoms with van der Waals surface area (Å²) in [5, 5.41) is 6.12. The number of nitrogens with one attached hydrogen (secondary N) is 2. The van der Waals surface area contributed by atoms with E-state index in [1.807, 2.05) is 74.5 Å². The van der Waals surface area contributed by atoms with Crippen LogP contribution in [0, 0.1) is 0 Å². The largest absolute Gasteiger partial charge is 0.463 e. The van der Waals surface area contributed by atoms with Crippen LogP contribution in [0.15, 0.2) is 83.2 Å². The molecule has 1 aliphatic heterocycles. The number of dihydropyridines is 1. The molecule has 1 heterocycles. The van der Waals surface area contributed by atoms with Gasteiger partial charge in [0, 0.05) is 22.7 Å². The fourth-order valence-electron chi connectivity index (χ4n) is 3.47. The van der Waals surface area contributed by atoms with Crippen molar-refractivity contribution in [2.45, 2.75) is 26.7 Å². The fraction of sp³-hybridized carbons (Fsp3) is 0.217. The first-order valence-corrected chi connectivity index (χ1v) is 9.30. The summed E-state index contributed by atoms with van der Waals surface area (Å²) >= 11 is 0. The van der Waals surface area contributed by atoms with Crippen molar-refractivity contribution in [1.29, 1.82) is 0 Å². The average molecular weight is 376 g/mol. The lowest BCUT2D eigenvalue weighted by Crippen LogP contribution is -2.33. The lowest BCUT2D eigenvalue weighted by molar-refractivity contribution is -0.138. The molecule has 28 heavy (non-hydrogen) atoms. The van der Waals surface area contributed by atoms with Crippen LogP contribution in [-0.2, 0) is 14.3 Å². The van der Waals surface area contributed by atoms with Gasteiger partial charge in [0.2, 0.25) is 0 Å². The van der Waals surface area contributed by atoms with Crippen molar-refractivity contribution in [2.75, 3.05) is 11.9 Å². The number of esters is 1. The van der Waals surface area contributed by atoms with Gasteiger partial charge >= 0.3 is 5.97 Å². The first kappa shape index (κ1) is 19.4. The fourth-order valence-corrected chi connectivity index (χ4v) is 3.47. The summed E-state index contributed by atoms with van der Waals surface area (Å²) in [6.45, 7) is 5.72. The number of rotatable bonds is 5. The summed E-state index contributed by atoms with van der Waals surface area (Å²) in [5.74, 6) is -1.18. The molecule has 0 spiro atoms. The molecule has 0 aliphatic carbocycles. The van der Waals surface area contributed by atoms with Crippen LogP contribution < -0.4 is 10.6 Å². The highest BCUT2D eigenvalue weighted by atomic mass is 16.5. The Labute approximate surface area is 165 Å². The summed E-state index contributed by atoms with van der Waals surface area (Å²) in [6, 6.07) is 18.8. The van der Waals surface area contributed by atoms with E-state index in [-0.39, 0.29) is 12.5 Å². The van der Waals surface area contributed by atoms with E-state index in [1.54, 1.807) is 6.92 Å². The maximum Gasteiger partial charge on any atom is 0.336 e. The molecule has 2 N–H and O–H groups in total. The Kier molecular flexibility index (Phi) is 5.94. The van der Waals surface area contributed by atoms with Gasteiger partial charge in [-0.3, -0.25) is 4.79 Å². The van der Waals surface area contributed by atoms with Gasteiger partial charge in [0.05, 0.1) is 18.1 Å². The molecule has 0 radical (unpaired) electrons. The zero-order valence-corrected chi connectivity index (χ0v) is 16.3.